The number of aryl methyl sites for hydroxylation is 1. The lowest BCUT2D eigenvalue weighted by Gasteiger charge is -2.20. The number of ether oxygens (including phenoxy) is 2. The molecular formula is C14H24N4O2. The third kappa shape index (κ3) is 2.86. The average Bonchev–Trinajstić information content (AvgIpc) is 2.86. The molecule has 6 nitrogen and oxygen atoms in total. The van der Waals surface area contributed by atoms with Crippen molar-refractivity contribution in [3.8, 4) is 0 Å². The van der Waals surface area contributed by atoms with Crippen LogP contribution in [0.3, 0.4) is 0 Å². The predicted molar refractivity (Wildman–Crippen MR) is 79.0 cm³/mol. The van der Waals surface area contributed by atoms with Gasteiger partial charge < -0.3 is 20.1 Å². The van der Waals surface area contributed by atoms with E-state index in [1.165, 1.54) is 0 Å². The number of rotatable bonds is 5. The fourth-order valence-corrected chi connectivity index (χ4v) is 2.58. The van der Waals surface area contributed by atoms with Crippen molar-refractivity contribution in [1.29, 1.82) is 0 Å². The highest BCUT2D eigenvalue weighted by molar-refractivity contribution is 5.57. The molecule has 1 aromatic rings. The van der Waals surface area contributed by atoms with Gasteiger partial charge in [-0.2, -0.15) is 0 Å². The molecule has 1 aliphatic rings. The van der Waals surface area contributed by atoms with Gasteiger partial charge in [0.15, 0.2) is 0 Å². The molecule has 2 rings (SSSR count). The topological polar surface area (TPSA) is 73.5 Å². The monoisotopic (exact) mass is 280 g/mol. The van der Waals surface area contributed by atoms with Crippen molar-refractivity contribution in [2.24, 2.45) is 0 Å². The zero-order chi connectivity index (χ0) is 14.7. The maximum absolute atomic E-state index is 6.01. The molecule has 0 bridgehead atoms. The Balaban J connectivity index is 2.28. The minimum Gasteiger partial charge on any atom is -0.383 e. The Kier molecular flexibility index (Phi) is 4.77. The van der Waals surface area contributed by atoms with E-state index in [1.54, 1.807) is 14.2 Å². The molecular weight excluding hydrogens is 256 g/mol. The van der Waals surface area contributed by atoms with E-state index in [-0.39, 0.29) is 12.2 Å². The number of nitrogen functional groups attached to an aromatic ring is 1. The van der Waals surface area contributed by atoms with Gasteiger partial charge in [0.2, 0.25) is 0 Å². The number of hydrogen-bond donors (Lipinski definition) is 1. The highest BCUT2D eigenvalue weighted by atomic mass is 16.5. The van der Waals surface area contributed by atoms with Gasteiger partial charge in [0.1, 0.15) is 29.7 Å². The first-order valence-corrected chi connectivity index (χ1v) is 7.04. The Bertz CT molecular complexity index is 455. The summed E-state index contributed by atoms with van der Waals surface area (Å²) in [5.74, 6) is 2.27. The summed E-state index contributed by atoms with van der Waals surface area (Å²) in [6.45, 7) is 5.59. The van der Waals surface area contributed by atoms with Crippen molar-refractivity contribution >= 4 is 11.6 Å². The molecule has 1 aromatic heterocycles. The van der Waals surface area contributed by atoms with Gasteiger partial charge in [0.25, 0.3) is 0 Å². The highest BCUT2D eigenvalue weighted by Crippen LogP contribution is 2.27. The number of nitrogens with zero attached hydrogens (tertiary/aromatic N) is 3. The van der Waals surface area contributed by atoms with Gasteiger partial charge in [-0.25, -0.2) is 9.97 Å². The molecule has 20 heavy (non-hydrogen) atoms. The molecule has 112 valence electrons. The lowest BCUT2D eigenvalue weighted by Crippen LogP contribution is -2.27. The third-order valence-electron chi connectivity index (χ3n) is 3.80. The van der Waals surface area contributed by atoms with Crippen LogP contribution in [0.15, 0.2) is 0 Å². The van der Waals surface area contributed by atoms with E-state index >= 15 is 0 Å². The molecule has 1 aliphatic heterocycles. The minimum atomic E-state index is 0.0604. The van der Waals surface area contributed by atoms with Gasteiger partial charge in [-0.05, 0) is 13.3 Å². The minimum absolute atomic E-state index is 0.0604. The number of aromatic nitrogens is 2. The Hall–Kier alpha value is -1.40. The van der Waals surface area contributed by atoms with Gasteiger partial charge in [-0.3, -0.25) is 0 Å². The summed E-state index contributed by atoms with van der Waals surface area (Å²) in [4.78, 5) is 11.2. The summed E-state index contributed by atoms with van der Waals surface area (Å²) in [5, 5.41) is 0. The molecule has 0 saturated carbocycles. The third-order valence-corrected chi connectivity index (χ3v) is 3.80. The smallest absolute Gasteiger partial charge is 0.137 e. The van der Waals surface area contributed by atoms with Crippen LogP contribution < -0.4 is 10.6 Å². The molecule has 0 aromatic carbocycles. The molecule has 2 heterocycles. The predicted octanol–water partition coefficient (Wildman–Crippen LogP) is 1.17. The lowest BCUT2D eigenvalue weighted by molar-refractivity contribution is -0.00461. The van der Waals surface area contributed by atoms with E-state index < -0.39 is 0 Å². The van der Waals surface area contributed by atoms with Crippen molar-refractivity contribution < 1.29 is 9.47 Å². The summed E-state index contributed by atoms with van der Waals surface area (Å²) >= 11 is 0. The molecule has 6 heteroatoms. The average molecular weight is 280 g/mol. The van der Waals surface area contributed by atoms with Crippen molar-refractivity contribution in [1.82, 2.24) is 9.97 Å². The summed E-state index contributed by atoms with van der Waals surface area (Å²) < 4.78 is 10.9. The largest absolute Gasteiger partial charge is 0.383 e. The van der Waals surface area contributed by atoms with E-state index in [0.717, 1.165) is 43.1 Å². The standard InChI is InChI=1S/C14H24N4O2/c1-5-6-12-16-13(15)9(2)14(17-12)18-7-10(19-3)11(8-18)20-4/h10-11H,5-8H2,1-4H3,(H2,15,16,17). The van der Waals surface area contributed by atoms with Gasteiger partial charge in [0, 0.05) is 39.3 Å². The van der Waals surface area contributed by atoms with Crippen LogP contribution in [0, 0.1) is 6.92 Å². The SMILES string of the molecule is CCCc1nc(N)c(C)c(N2CC(OC)C(OC)C2)n1. The van der Waals surface area contributed by atoms with E-state index in [2.05, 4.69) is 21.8 Å². The molecule has 0 aliphatic carbocycles. The van der Waals surface area contributed by atoms with Crippen molar-refractivity contribution in [2.75, 3.05) is 37.9 Å². The van der Waals surface area contributed by atoms with Crippen LogP contribution in [0.1, 0.15) is 24.7 Å². The zero-order valence-corrected chi connectivity index (χ0v) is 12.7. The van der Waals surface area contributed by atoms with Crippen LogP contribution in [0.25, 0.3) is 0 Å². The zero-order valence-electron chi connectivity index (χ0n) is 12.7. The fraction of sp³-hybridized carbons (Fsp3) is 0.714. The summed E-state index contributed by atoms with van der Waals surface area (Å²) in [6.07, 6.45) is 1.96. The van der Waals surface area contributed by atoms with Crippen LogP contribution in [-0.4, -0.2) is 49.5 Å². The van der Waals surface area contributed by atoms with Crippen molar-refractivity contribution in [3.63, 3.8) is 0 Å². The maximum Gasteiger partial charge on any atom is 0.137 e. The van der Waals surface area contributed by atoms with E-state index in [0.29, 0.717) is 5.82 Å². The molecule has 0 radical (unpaired) electrons. The van der Waals surface area contributed by atoms with Crippen molar-refractivity contribution in [2.45, 2.75) is 38.9 Å². The van der Waals surface area contributed by atoms with Gasteiger partial charge in [-0.1, -0.05) is 6.92 Å². The first-order valence-electron chi connectivity index (χ1n) is 7.04. The summed E-state index contributed by atoms with van der Waals surface area (Å²) in [7, 11) is 3.42. The van der Waals surface area contributed by atoms with Gasteiger partial charge in [0.05, 0.1) is 0 Å². The Morgan fingerprint density at radius 2 is 1.80 bits per heavy atom. The van der Waals surface area contributed by atoms with Crippen LogP contribution in [0.2, 0.25) is 0 Å². The van der Waals surface area contributed by atoms with Crippen LogP contribution >= 0.6 is 0 Å². The van der Waals surface area contributed by atoms with E-state index in [9.17, 15) is 0 Å². The molecule has 1 saturated heterocycles. The Morgan fingerprint density at radius 1 is 1.20 bits per heavy atom. The Morgan fingerprint density at radius 3 is 2.30 bits per heavy atom. The van der Waals surface area contributed by atoms with E-state index in [4.69, 9.17) is 15.2 Å². The second-order valence-corrected chi connectivity index (χ2v) is 5.18. The van der Waals surface area contributed by atoms with E-state index in [1.807, 2.05) is 6.92 Å². The molecule has 2 N–H and O–H groups in total. The quantitative estimate of drug-likeness (QED) is 0.873. The lowest BCUT2D eigenvalue weighted by atomic mass is 10.2. The van der Waals surface area contributed by atoms with Crippen LogP contribution in [0.4, 0.5) is 11.6 Å². The highest BCUT2D eigenvalue weighted by Gasteiger charge is 2.34. The first-order chi connectivity index (χ1) is 9.60. The molecule has 2 unspecified atom stereocenters. The van der Waals surface area contributed by atoms with Crippen LogP contribution in [-0.2, 0) is 15.9 Å². The van der Waals surface area contributed by atoms with Gasteiger partial charge in [-0.15, -0.1) is 0 Å². The molecule has 2 atom stereocenters. The number of methoxy groups -OCH3 is 2. The second kappa shape index (κ2) is 6.37. The first kappa shape index (κ1) is 15.0. The fourth-order valence-electron chi connectivity index (χ4n) is 2.58. The Labute approximate surface area is 120 Å². The van der Waals surface area contributed by atoms with Crippen molar-refractivity contribution in [3.05, 3.63) is 11.4 Å². The maximum atomic E-state index is 6.01. The van der Waals surface area contributed by atoms with Gasteiger partial charge >= 0.3 is 0 Å². The summed E-state index contributed by atoms with van der Waals surface area (Å²) in [5.41, 5.74) is 6.94. The molecule has 1 fully saturated rings. The molecule has 0 spiro atoms. The second-order valence-electron chi connectivity index (χ2n) is 5.18. The van der Waals surface area contributed by atoms with Crippen LogP contribution in [0.5, 0.6) is 0 Å². The molecule has 0 amide bonds. The normalized spacial score (nSPS) is 22.5. The number of anilines is 2. The number of hydrogen-bond acceptors (Lipinski definition) is 6. The number of nitrogens with two attached hydrogens (primary N) is 1. The summed E-state index contributed by atoms with van der Waals surface area (Å²) in [6, 6.07) is 0.